The lowest BCUT2D eigenvalue weighted by atomic mass is 9.95. The number of carbonyl (C=O) groups excluding carboxylic acids is 1. The van der Waals surface area contributed by atoms with E-state index in [9.17, 15) is 4.79 Å². The highest BCUT2D eigenvalue weighted by Gasteiger charge is 2.44. The summed E-state index contributed by atoms with van der Waals surface area (Å²) in [4.78, 5) is 12.5. The van der Waals surface area contributed by atoms with Gasteiger partial charge in [-0.3, -0.25) is 0 Å². The first-order valence-corrected chi connectivity index (χ1v) is 9.24. The number of nitrogens with one attached hydrogen (secondary N) is 2. The third kappa shape index (κ3) is 4.02. The number of hydrogen-bond acceptors (Lipinski definition) is 3. The van der Waals surface area contributed by atoms with Gasteiger partial charge in [0.25, 0.3) is 0 Å². The molecule has 27 heavy (non-hydrogen) atoms. The first-order chi connectivity index (χ1) is 12.9. The van der Waals surface area contributed by atoms with Crippen LogP contribution in [-0.4, -0.2) is 26.8 Å². The quantitative estimate of drug-likeness (QED) is 0.790. The Morgan fingerprint density at radius 1 is 1.00 bits per heavy atom. The van der Waals surface area contributed by atoms with E-state index < -0.39 is 0 Å². The first-order valence-electron chi connectivity index (χ1n) is 9.24. The molecule has 2 N–H and O–H groups in total. The van der Waals surface area contributed by atoms with Crippen LogP contribution in [0.4, 0.5) is 10.5 Å². The van der Waals surface area contributed by atoms with E-state index in [1.807, 2.05) is 26.0 Å². The van der Waals surface area contributed by atoms with Crippen molar-refractivity contribution in [2.24, 2.45) is 0 Å². The molecule has 0 saturated heterocycles. The zero-order valence-corrected chi connectivity index (χ0v) is 16.7. The average Bonchev–Trinajstić information content (AvgIpc) is 3.43. The van der Waals surface area contributed by atoms with Crippen LogP contribution in [0, 0.1) is 20.8 Å². The first kappa shape index (κ1) is 19.1. The van der Waals surface area contributed by atoms with Crippen LogP contribution < -0.4 is 20.1 Å². The van der Waals surface area contributed by atoms with Gasteiger partial charge in [-0.2, -0.15) is 0 Å². The lowest BCUT2D eigenvalue weighted by Crippen LogP contribution is -2.35. The monoisotopic (exact) mass is 368 g/mol. The van der Waals surface area contributed by atoms with E-state index in [-0.39, 0.29) is 11.4 Å². The molecule has 0 spiro atoms. The molecule has 0 unspecified atom stereocenters. The summed E-state index contributed by atoms with van der Waals surface area (Å²) < 4.78 is 10.7. The molecule has 0 radical (unpaired) electrons. The van der Waals surface area contributed by atoms with Gasteiger partial charge in [-0.15, -0.1) is 0 Å². The summed E-state index contributed by atoms with van der Waals surface area (Å²) in [5.74, 6) is 1.43. The van der Waals surface area contributed by atoms with E-state index in [0.29, 0.717) is 12.3 Å². The highest BCUT2D eigenvalue weighted by atomic mass is 16.5. The van der Waals surface area contributed by atoms with Crippen molar-refractivity contribution < 1.29 is 14.3 Å². The summed E-state index contributed by atoms with van der Waals surface area (Å²) in [6.07, 6.45) is 2.09. The molecule has 3 rings (SSSR count). The van der Waals surface area contributed by atoms with Crippen LogP contribution in [-0.2, 0) is 5.41 Å². The number of urea groups is 1. The second-order valence-electron chi connectivity index (χ2n) is 7.43. The van der Waals surface area contributed by atoms with Gasteiger partial charge in [0.15, 0.2) is 11.5 Å². The van der Waals surface area contributed by atoms with Crippen molar-refractivity contribution >= 4 is 11.7 Å². The lowest BCUT2D eigenvalue weighted by Gasteiger charge is -2.19. The molecule has 1 aliphatic carbocycles. The fourth-order valence-electron chi connectivity index (χ4n) is 3.67. The molecule has 1 saturated carbocycles. The van der Waals surface area contributed by atoms with Crippen molar-refractivity contribution in [3.63, 3.8) is 0 Å². The standard InChI is InChI=1S/C22H28N2O3/c1-14-10-15(2)20(16(3)11-14)24-21(25)23-13-22(8-9-22)17-6-7-18(26-4)19(12-17)27-5/h6-7,10-12H,8-9,13H2,1-5H3,(H2,23,24,25). The fourth-order valence-corrected chi connectivity index (χ4v) is 3.67. The van der Waals surface area contributed by atoms with Gasteiger partial charge in [0, 0.05) is 17.6 Å². The van der Waals surface area contributed by atoms with Crippen LogP contribution in [0.2, 0.25) is 0 Å². The number of rotatable bonds is 6. The van der Waals surface area contributed by atoms with Crippen molar-refractivity contribution in [3.8, 4) is 11.5 Å². The van der Waals surface area contributed by atoms with E-state index in [0.717, 1.165) is 35.4 Å². The molecule has 0 heterocycles. The Bertz CT molecular complexity index is 834. The van der Waals surface area contributed by atoms with Gasteiger partial charge in [-0.1, -0.05) is 23.8 Å². The molecule has 2 aromatic rings. The minimum Gasteiger partial charge on any atom is -0.493 e. The van der Waals surface area contributed by atoms with Crippen LogP contribution in [0.1, 0.15) is 35.1 Å². The number of carbonyl (C=O) groups is 1. The Balaban J connectivity index is 1.67. The number of aryl methyl sites for hydroxylation is 3. The maximum absolute atomic E-state index is 12.5. The maximum atomic E-state index is 12.5. The Labute approximate surface area is 161 Å². The molecule has 1 fully saturated rings. The zero-order valence-electron chi connectivity index (χ0n) is 16.7. The topological polar surface area (TPSA) is 59.6 Å². The normalized spacial score (nSPS) is 14.4. The molecule has 2 aromatic carbocycles. The SMILES string of the molecule is COc1ccc(C2(CNC(=O)Nc3c(C)cc(C)cc3C)CC2)cc1OC. The van der Waals surface area contributed by atoms with Gasteiger partial charge in [0.2, 0.25) is 0 Å². The second-order valence-corrected chi connectivity index (χ2v) is 7.43. The highest BCUT2D eigenvalue weighted by molar-refractivity contribution is 5.91. The van der Waals surface area contributed by atoms with Crippen LogP contribution in [0.15, 0.2) is 30.3 Å². The lowest BCUT2D eigenvalue weighted by molar-refractivity contribution is 0.251. The summed E-state index contributed by atoms with van der Waals surface area (Å²) in [5.41, 5.74) is 5.37. The third-order valence-electron chi connectivity index (χ3n) is 5.35. The number of amides is 2. The molecule has 0 bridgehead atoms. The largest absolute Gasteiger partial charge is 0.493 e. The highest BCUT2D eigenvalue weighted by Crippen LogP contribution is 2.49. The molecular weight excluding hydrogens is 340 g/mol. The van der Waals surface area contributed by atoms with E-state index in [1.54, 1.807) is 14.2 Å². The number of ether oxygens (including phenoxy) is 2. The van der Waals surface area contributed by atoms with Gasteiger partial charge in [-0.25, -0.2) is 4.79 Å². The molecule has 0 aliphatic heterocycles. The Morgan fingerprint density at radius 3 is 2.19 bits per heavy atom. The summed E-state index contributed by atoms with van der Waals surface area (Å²) >= 11 is 0. The number of hydrogen-bond donors (Lipinski definition) is 2. The van der Waals surface area contributed by atoms with Crippen LogP contribution in [0.25, 0.3) is 0 Å². The zero-order chi connectivity index (χ0) is 19.6. The smallest absolute Gasteiger partial charge is 0.319 e. The van der Waals surface area contributed by atoms with E-state index >= 15 is 0 Å². The van der Waals surface area contributed by atoms with Gasteiger partial charge in [0.05, 0.1) is 14.2 Å². The Morgan fingerprint density at radius 2 is 1.63 bits per heavy atom. The predicted octanol–water partition coefficient (Wildman–Crippen LogP) is 4.48. The number of benzene rings is 2. The van der Waals surface area contributed by atoms with Crippen LogP contribution in [0.5, 0.6) is 11.5 Å². The van der Waals surface area contributed by atoms with Gasteiger partial charge >= 0.3 is 6.03 Å². The van der Waals surface area contributed by atoms with E-state index in [1.165, 1.54) is 11.1 Å². The average molecular weight is 368 g/mol. The summed E-state index contributed by atoms with van der Waals surface area (Å²) in [6.45, 7) is 6.69. The fraction of sp³-hybridized carbons (Fsp3) is 0.409. The molecule has 5 heteroatoms. The molecule has 1 aliphatic rings. The molecule has 2 amide bonds. The molecule has 0 aromatic heterocycles. The van der Waals surface area contributed by atoms with Gasteiger partial charge in [0.1, 0.15) is 0 Å². The predicted molar refractivity (Wildman–Crippen MR) is 108 cm³/mol. The van der Waals surface area contributed by atoms with Crippen molar-refractivity contribution in [2.45, 2.75) is 39.0 Å². The van der Waals surface area contributed by atoms with E-state index in [4.69, 9.17) is 9.47 Å². The van der Waals surface area contributed by atoms with Crippen molar-refractivity contribution in [2.75, 3.05) is 26.1 Å². The molecule has 144 valence electrons. The summed E-state index contributed by atoms with van der Waals surface area (Å²) in [7, 11) is 3.27. The number of methoxy groups -OCH3 is 2. The third-order valence-corrected chi connectivity index (χ3v) is 5.35. The minimum atomic E-state index is -0.170. The van der Waals surface area contributed by atoms with E-state index in [2.05, 4.69) is 35.8 Å². The van der Waals surface area contributed by atoms with Crippen molar-refractivity contribution in [3.05, 3.63) is 52.6 Å². The van der Waals surface area contributed by atoms with Gasteiger partial charge < -0.3 is 20.1 Å². The second kappa shape index (κ2) is 7.51. The van der Waals surface area contributed by atoms with Crippen LogP contribution in [0.3, 0.4) is 0 Å². The van der Waals surface area contributed by atoms with Gasteiger partial charge in [-0.05, 0) is 62.4 Å². The summed E-state index contributed by atoms with van der Waals surface area (Å²) in [6, 6.07) is 9.98. The number of anilines is 1. The maximum Gasteiger partial charge on any atom is 0.319 e. The van der Waals surface area contributed by atoms with Crippen LogP contribution >= 0.6 is 0 Å². The Kier molecular flexibility index (Phi) is 5.31. The van der Waals surface area contributed by atoms with Crippen molar-refractivity contribution in [1.29, 1.82) is 0 Å². The molecule has 5 nitrogen and oxygen atoms in total. The summed E-state index contributed by atoms with van der Waals surface area (Å²) in [5, 5.41) is 6.05. The Hall–Kier alpha value is -2.69. The van der Waals surface area contributed by atoms with Crippen molar-refractivity contribution in [1.82, 2.24) is 5.32 Å². The molecule has 0 atom stereocenters. The minimum absolute atomic E-state index is 0.0196. The molecular formula is C22H28N2O3.